The van der Waals surface area contributed by atoms with Crippen LogP contribution in [0.5, 0.6) is 11.5 Å². The molecular weight excluding hydrogens is 437 g/mol. The number of hydrogen-bond acceptors (Lipinski definition) is 8. The molecule has 2 atom stereocenters. The summed E-state index contributed by atoms with van der Waals surface area (Å²) < 4.78 is 30.6. The summed E-state index contributed by atoms with van der Waals surface area (Å²) in [4.78, 5) is 27.2. The number of anilines is 3. The van der Waals surface area contributed by atoms with Crippen LogP contribution >= 0.6 is 0 Å². The maximum atomic E-state index is 14.8. The van der Waals surface area contributed by atoms with Crippen LogP contribution in [0.15, 0.2) is 24.3 Å². The molecule has 0 bridgehead atoms. The third kappa shape index (κ3) is 7.10. The molecule has 0 unspecified atom stereocenters. The molecule has 2 rings (SSSR count). The number of pyridine rings is 1. The van der Waals surface area contributed by atoms with Crippen molar-refractivity contribution in [3.05, 3.63) is 35.6 Å². The number of nitrogens with one attached hydrogen (secondary N) is 3. The van der Waals surface area contributed by atoms with Gasteiger partial charge >= 0.3 is 6.09 Å². The number of amides is 2. The van der Waals surface area contributed by atoms with E-state index in [0.29, 0.717) is 23.8 Å². The van der Waals surface area contributed by atoms with E-state index in [1.54, 1.807) is 32.0 Å². The summed E-state index contributed by atoms with van der Waals surface area (Å²) in [5.41, 5.74) is 5.69. The highest BCUT2D eigenvalue weighted by molar-refractivity contribution is 5.98. The Hall–Kier alpha value is -3.80. The van der Waals surface area contributed by atoms with Crippen LogP contribution in [0.3, 0.4) is 0 Å². The molecule has 0 spiro atoms. The minimum Gasteiger partial charge on any atom is -0.497 e. The van der Waals surface area contributed by atoms with Gasteiger partial charge in [0.05, 0.1) is 38.5 Å². The maximum Gasteiger partial charge on any atom is 0.404 e. The van der Waals surface area contributed by atoms with Gasteiger partial charge < -0.3 is 41.0 Å². The quantitative estimate of drug-likeness (QED) is 0.318. The fourth-order valence-corrected chi connectivity index (χ4v) is 2.92. The lowest BCUT2D eigenvalue weighted by Gasteiger charge is -2.26. The van der Waals surface area contributed by atoms with Crippen molar-refractivity contribution in [2.24, 2.45) is 5.73 Å². The first kappa shape index (κ1) is 25.5. The maximum absolute atomic E-state index is 14.8. The molecule has 0 aliphatic rings. The number of carboxylic acid groups (broad SMARTS) is 1. The summed E-state index contributed by atoms with van der Waals surface area (Å²) in [6.07, 6.45) is -1.24. The number of methoxy groups -OCH3 is 2. The van der Waals surface area contributed by atoms with Crippen LogP contribution < -0.4 is 31.2 Å². The van der Waals surface area contributed by atoms with Crippen LogP contribution in [-0.4, -0.2) is 61.6 Å². The number of aromatic nitrogens is 1. The Morgan fingerprint density at radius 1 is 1.15 bits per heavy atom. The van der Waals surface area contributed by atoms with Gasteiger partial charge in [-0.1, -0.05) is 0 Å². The monoisotopic (exact) mass is 465 g/mol. The molecular formula is C21H28FN5O6. The van der Waals surface area contributed by atoms with E-state index in [1.807, 2.05) is 0 Å². The number of primary amides is 1. The predicted octanol–water partition coefficient (Wildman–Crippen LogP) is 2.55. The van der Waals surface area contributed by atoms with Gasteiger partial charge in [-0.05, 0) is 19.9 Å². The molecule has 0 aliphatic carbocycles. The molecule has 0 radical (unpaired) electrons. The van der Waals surface area contributed by atoms with Crippen molar-refractivity contribution in [1.82, 2.24) is 10.3 Å². The summed E-state index contributed by atoms with van der Waals surface area (Å²) in [6.45, 7) is 3.82. The zero-order valence-electron chi connectivity index (χ0n) is 18.8. The Morgan fingerprint density at radius 3 is 2.30 bits per heavy atom. The number of carbonyl (C=O) groups is 2. The minimum absolute atomic E-state index is 0.0179. The second kappa shape index (κ2) is 11.7. The SMILES string of the molecule is CCOC[C@@H](Nc1nc(Nc2cc(OC)cc(OC)c2)c(C(N)=O)cc1F)[C@H](C)NC(=O)O. The topological polar surface area (TPSA) is 157 Å². The van der Waals surface area contributed by atoms with Gasteiger partial charge in [0.25, 0.3) is 5.91 Å². The minimum atomic E-state index is -1.24. The van der Waals surface area contributed by atoms with Crippen molar-refractivity contribution in [1.29, 1.82) is 0 Å². The van der Waals surface area contributed by atoms with E-state index in [-0.39, 0.29) is 23.8 Å². The summed E-state index contributed by atoms with van der Waals surface area (Å²) in [6, 6.07) is 4.55. The molecule has 180 valence electrons. The largest absolute Gasteiger partial charge is 0.497 e. The Morgan fingerprint density at radius 2 is 1.79 bits per heavy atom. The molecule has 1 aromatic carbocycles. The first-order chi connectivity index (χ1) is 15.7. The second-order valence-electron chi connectivity index (χ2n) is 6.95. The first-order valence-corrected chi connectivity index (χ1v) is 10.0. The number of ether oxygens (including phenoxy) is 3. The number of nitrogens with zero attached hydrogens (tertiary/aromatic N) is 1. The molecule has 0 saturated heterocycles. The van der Waals surface area contributed by atoms with Gasteiger partial charge in [-0.2, -0.15) is 0 Å². The summed E-state index contributed by atoms with van der Waals surface area (Å²) in [5.74, 6) is -1.03. The van der Waals surface area contributed by atoms with Gasteiger partial charge in [0, 0.05) is 30.5 Å². The average Bonchev–Trinajstić information content (AvgIpc) is 2.77. The molecule has 6 N–H and O–H groups in total. The van der Waals surface area contributed by atoms with Crippen molar-refractivity contribution in [2.45, 2.75) is 25.9 Å². The van der Waals surface area contributed by atoms with Gasteiger partial charge in [-0.25, -0.2) is 14.2 Å². The number of nitrogens with two attached hydrogens (primary N) is 1. The summed E-state index contributed by atoms with van der Waals surface area (Å²) >= 11 is 0. The highest BCUT2D eigenvalue weighted by Crippen LogP contribution is 2.30. The Kier molecular flexibility index (Phi) is 9.04. The van der Waals surface area contributed by atoms with Crippen molar-refractivity contribution >= 4 is 29.3 Å². The van der Waals surface area contributed by atoms with Gasteiger partial charge in [0.15, 0.2) is 11.6 Å². The summed E-state index contributed by atoms with van der Waals surface area (Å²) in [5, 5.41) is 17.1. The zero-order chi connectivity index (χ0) is 24.5. The molecule has 11 nitrogen and oxygen atoms in total. The van der Waals surface area contributed by atoms with Crippen LogP contribution in [-0.2, 0) is 4.74 Å². The fourth-order valence-electron chi connectivity index (χ4n) is 2.92. The van der Waals surface area contributed by atoms with E-state index < -0.39 is 29.9 Å². The van der Waals surface area contributed by atoms with Crippen LogP contribution in [0.2, 0.25) is 0 Å². The predicted molar refractivity (Wildman–Crippen MR) is 120 cm³/mol. The molecule has 12 heteroatoms. The molecule has 33 heavy (non-hydrogen) atoms. The lowest BCUT2D eigenvalue weighted by molar-refractivity contribution is 0.1000. The molecule has 0 saturated carbocycles. The lowest BCUT2D eigenvalue weighted by Crippen LogP contribution is -2.47. The fraction of sp³-hybridized carbons (Fsp3) is 0.381. The number of rotatable bonds is 12. The van der Waals surface area contributed by atoms with Gasteiger partial charge in [-0.3, -0.25) is 4.79 Å². The van der Waals surface area contributed by atoms with E-state index in [9.17, 15) is 14.0 Å². The Bertz CT molecular complexity index is 968. The Labute approximate surface area is 190 Å². The van der Waals surface area contributed by atoms with Gasteiger partial charge in [-0.15, -0.1) is 0 Å². The van der Waals surface area contributed by atoms with Crippen molar-refractivity contribution in [3.8, 4) is 11.5 Å². The third-order valence-corrected chi connectivity index (χ3v) is 4.63. The van der Waals surface area contributed by atoms with Crippen LogP contribution in [0.4, 0.5) is 26.5 Å². The number of halogens is 1. The van der Waals surface area contributed by atoms with Crippen molar-refractivity contribution in [3.63, 3.8) is 0 Å². The van der Waals surface area contributed by atoms with E-state index >= 15 is 0 Å². The lowest BCUT2D eigenvalue weighted by atomic mass is 10.1. The van der Waals surface area contributed by atoms with Crippen molar-refractivity contribution < 1.29 is 33.3 Å². The molecule has 0 fully saturated rings. The average molecular weight is 465 g/mol. The molecule has 2 amide bonds. The van der Waals surface area contributed by atoms with E-state index in [4.69, 9.17) is 25.1 Å². The van der Waals surface area contributed by atoms with Crippen LogP contribution in [0.1, 0.15) is 24.2 Å². The zero-order valence-corrected chi connectivity index (χ0v) is 18.8. The normalized spacial score (nSPS) is 12.4. The first-order valence-electron chi connectivity index (χ1n) is 10.0. The van der Waals surface area contributed by atoms with Gasteiger partial charge in [0.1, 0.15) is 17.3 Å². The third-order valence-electron chi connectivity index (χ3n) is 4.63. The summed E-state index contributed by atoms with van der Waals surface area (Å²) in [7, 11) is 2.97. The van der Waals surface area contributed by atoms with Crippen LogP contribution in [0.25, 0.3) is 0 Å². The van der Waals surface area contributed by atoms with E-state index in [2.05, 4.69) is 20.9 Å². The molecule has 2 aromatic rings. The highest BCUT2D eigenvalue weighted by Gasteiger charge is 2.23. The molecule has 1 heterocycles. The molecule has 1 aromatic heterocycles. The van der Waals surface area contributed by atoms with E-state index in [0.717, 1.165) is 6.07 Å². The van der Waals surface area contributed by atoms with Crippen molar-refractivity contribution in [2.75, 3.05) is 38.1 Å². The number of hydrogen-bond donors (Lipinski definition) is 5. The smallest absolute Gasteiger partial charge is 0.404 e. The highest BCUT2D eigenvalue weighted by atomic mass is 19.1. The van der Waals surface area contributed by atoms with Crippen LogP contribution in [0, 0.1) is 5.82 Å². The van der Waals surface area contributed by atoms with Gasteiger partial charge in [0.2, 0.25) is 0 Å². The second-order valence-corrected chi connectivity index (χ2v) is 6.95. The standard InChI is InChI=1S/C21H28FN5O6/c1-5-33-10-17(11(2)24-21(29)30)26-20-16(22)9-15(18(23)28)19(27-20)25-12-6-13(31-3)8-14(7-12)32-4/h6-9,11,17,24H,5,10H2,1-4H3,(H2,23,28)(H,29,30)(H2,25,26,27)/t11-,17+/m0/s1. The molecule has 0 aliphatic heterocycles. The Balaban J connectivity index is 2.44. The van der Waals surface area contributed by atoms with E-state index in [1.165, 1.54) is 14.2 Å². The number of benzene rings is 1. The number of carbonyl (C=O) groups excluding carboxylic acids is 1.